The highest BCUT2D eigenvalue weighted by atomic mass is 19.1. The average Bonchev–Trinajstić information content (AvgIpc) is 2.34. The number of ether oxygens (including phenoxy) is 1. The summed E-state index contributed by atoms with van der Waals surface area (Å²) in [6.45, 7) is 0.385. The van der Waals surface area contributed by atoms with Crippen LogP contribution in [0.4, 0.5) is 4.39 Å². The quantitative estimate of drug-likeness (QED) is 0.608. The van der Waals surface area contributed by atoms with Gasteiger partial charge in [-0.1, -0.05) is 6.07 Å². The van der Waals surface area contributed by atoms with E-state index in [-0.39, 0.29) is 11.9 Å². The van der Waals surface area contributed by atoms with Gasteiger partial charge in [-0.05, 0) is 12.1 Å². The molecule has 1 aromatic carbocycles. The number of rotatable bonds is 0. The van der Waals surface area contributed by atoms with E-state index >= 15 is 0 Å². The molecule has 1 aliphatic heterocycles. The third-order valence-electron chi connectivity index (χ3n) is 1.80. The second-order valence-electron chi connectivity index (χ2n) is 2.57. The zero-order chi connectivity index (χ0) is 7.84. The van der Waals surface area contributed by atoms with Crippen molar-refractivity contribution in [2.45, 2.75) is 6.04 Å². The molecule has 1 aliphatic rings. The summed E-state index contributed by atoms with van der Waals surface area (Å²) >= 11 is 0. The lowest BCUT2D eigenvalue weighted by atomic mass is 10.1. The minimum atomic E-state index is -0.300. The summed E-state index contributed by atoms with van der Waals surface area (Å²) in [4.78, 5) is 0. The van der Waals surface area contributed by atoms with Crippen molar-refractivity contribution in [1.82, 2.24) is 0 Å². The highest BCUT2D eigenvalue weighted by Crippen LogP contribution is 2.32. The first kappa shape index (κ1) is 6.61. The maximum absolute atomic E-state index is 13.0. The Kier molecular flexibility index (Phi) is 1.32. The summed E-state index contributed by atoms with van der Waals surface area (Å²) in [5.74, 6) is 0.310. The highest BCUT2D eigenvalue weighted by Gasteiger charge is 2.23. The summed E-state index contributed by atoms with van der Waals surface area (Å²) < 4.78 is 18.1. The highest BCUT2D eigenvalue weighted by molar-refractivity contribution is 5.39. The smallest absolute Gasteiger partial charge is 0.131 e. The molecule has 0 radical (unpaired) electrons. The van der Waals surface area contributed by atoms with Gasteiger partial charge >= 0.3 is 0 Å². The molecule has 1 atom stereocenters. The van der Waals surface area contributed by atoms with Gasteiger partial charge < -0.3 is 10.5 Å². The van der Waals surface area contributed by atoms with Crippen molar-refractivity contribution in [3.63, 3.8) is 0 Å². The number of hydrogen-bond donors (Lipinski definition) is 1. The second-order valence-corrected chi connectivity index (χ2v) is 2.57. The third kappa shape index (κ3) is 0.886. The van der Waals surface area contributed by atoms with Crippen molar-refractivity contribution < 1.29 is 9.13 Å². The van der Waals surface area contributed by atoms with E-state index in [1.54, 1.807) is 12.1 Å². The number of halogens is 1. The lowest BCUT2D eigenvalue weighted by Crippen LogP contribution is -2.11. The van der Waals surface area contributed by atoms with E-state index < -0.39 is 0 Å². The van der Waals surface area contributed by atoms with Gasteiger partial charge in [-0.25, -0.2) is 4.39 Å². The zero-order valence-electron chi connectivity index (χ0n) is 5.88. The Morgan fingerprint density at radius 2 is 2.36 bits per heavy atom. The molecule has 0 bridgehead atoms. The Hall–Kier alpha value is -1.09. The second kappa shape index (κ2) is 2.20. The SMILES string of the molecule is NC1COc2cccc(F)c21. The minimum Gasteiger partial charge on any atom is -0.491 e. The fourth-order valence-electron chi connectivity index (χ4n) is 1.27. The van der Waals surface area contributed by atoms with Gasteiger partial charge in [0.05, 0.1) is 6.04 Å². The number of hydrogen-bond acceptors (Lipinski definition) is 2. The summed E-state index contributed by atoms with van der Waals surface area (Å²) in [6, 6.07) is 4.44. The lowest BCUT2D eigenvalue weighted by Gasteiger charge is -2.00. The van der Waals surface area contributed by atoms with E-state index in [1.807, 2.05) is 0 Å². The van der Waals surface area contributed by atoms with Gasteiger partial charge in [0.25, 0.3) is 0 Å². The Bertz CT molecular complexity index is 287. The third-order valence-corrected chi connectivity index (χ3v) is 1.80. The van der Waals surface area contributed by atoms with Crippen molar-refractivity contribution in [2.75, 3.05) is 6.61 Å². The van der Waals surface area contributed by atoms with E-state index in [0.717, 1.165) is 0 Å². The van der Waals surface area contributed by atoms with Crippen molar-refractivity contribution in [3.8, 4) is 5.75 Å². The molecule has 1 heterocycles. The predicted molar refractivity (Wildman–Crippen MR) is 38.8 cm³/mol. The van der Waals surface area contributed by atoms with Crippen LogP contribution in [0.3, 0.4) is 0 Å². The Morgan fingerprint density at radius 3 is 3.09 bits per heavy atom. The van der Waals surface area contributed by atoms with Gasteiger partial charge in [-0.15, -0.1) is 0 Å². The molecule has 58 valence electrons. The van der Waals surface area contributed by atoms with Gasteiger partial charge in [0.15, 0.2) is 0 Å². The maximum Gasteiger partial charge on any atom is 0.131 e. The molecule has 1 unspecified atom stereocenters. The Morgan fingerprint density at radius 1 is 1.55 bits per heavy atom. The van der Waals surface area contributed by atoms with Crippen LogP contribution in [-0.2, 0) is 0 Å². The van der Waals surface area contributed by atoms with Gasteiger partial charge in [-0.3, -0.25) is 0 Å². The van der Waals surface area contributed by atoms with Crippen molar-refractivity contribution in [3.05, 3.63) is 29.6 Å². The van der Waals surface area contributed by atoms with Gasteiger partial charge in [-0.2, -0.15) is 0 Å². The van der Waals surface area contributed by atoms with E-state index in [0.29, 0.717) is 17.9 Å². The molecule has 2 N–H and O–H groups in total. The largest absolute Gasteiger partial charge is 0.491 e. The normalized spacial score (nSPS) is 21.1. The van der Waals surface area contributed by atoms with Crippen LogP contribution in [0.5, 0.6) is 5.75 Å². The first-order chi connectivity index (χ1) is 5.29. The fourth-order valence-corrected chi connectivity index (χ4v) is 1.27. The van der Waals surface area contributed by atoms with Crippen LogP contribution in [0.2, 0.25) is 0 Å². The molecule has 0 fully saturated rings. The predicted octanol–water partition coefficient (Wildman–Crippen LogP) is 1.22. The molecular weight excluding hydrogens is 145 g/mol. The molecule has 2 nitrogen and oxygen atoms in total. The molecular formula is C8H8FNO. The zero-order valence-corrected chi connectivity index (χ0v) is 5.88. The van der Waals surface area contributed by atoms with E-state index in [9.17, 15) is 4.39 Å². The van der Waals surface area contributed by atoms with Crippen LogP contribution in [0, 0.1) is 5.82 Å². The van der Waals surface area contributed by atoms with Crippen molar-refractivity contribution >= 4 is 0 Å². The molecule has 2 rings (SSSR count). The van der Waals surface area contributed by atoms with Gasteiger partial charge in [0, 0.05) is 5.56 Å². The monoisotopic (exact) mass is 153 g/mol. The maximum atomic E-state index is 13.0. The number of fused-ring (bicyclic) bond motifs is 1. The van der Waals surface area contributed by atoms with Gasteiger partial charge in [0.2, 0.25) is 0 Å². The summed E-state index contributed by atoms with van der Waals surface area (Å²) in [5.41, 5.74) is 6.09. The molecule has 0 aliphatic carbocycles. The molecule has 1 aromatic rings. The molecule has 0 saturated carbocycles. The van der Waals surface area contributed by atoms with Gasteiger partial charge in [0.1, 0.15) is 18.2 Å². The number of benzene rings is 1. The van der Waals surface area contributed by atoms with Crippen LogP contribution >= 0.6 is 0 Å². The minimum absolute atomic E-state index is 0.271. The summed E-state index contributed by atoms with van der Waals surface area (Å²) in [7, 11) is 0. The van der Waals surface area contributed by atoms with Crippen molar-refractivity contribution in [1.29, 1.82) is 0 Å². The van der Waals surface area contributed by atoms with E-state index in [1.165, 1.54) is 6.07 Å². The molecule has 0 aromatic heterocycles. The van der Waals surface area contributed by atoms with Crippen LogP contribution in [-0.4, -0.2) is 6.61 Å². The molecule has 11 heavy (non-hydrogen) atoms. The first-order valence-electron chi connectivity index (χ1n) is 3.46. The topological polar surface area (TPSA) is 35.2 Å². The standard InChI is InChI=1S/C8H8FNO/c9-5-2-1-3-7-8(5)6(10)4-11-7/h1-3,6H,4,10H2. The van der Waals surface area contributed by atoms with Crippen LogP contribution in [0.15, 0.2) is 18.2 Å². The average molecular weight is 153 g/mol. The van der Waals surface area contributed by atoms with Crippen LogP contribution in [0.1, 0.15) is 11.6 Å². The molecule has 0 amide bonds. The number of nitrogens with two attached hydrogens (primary N) is 1. The Balaban J connectivity index is 2.58. The first-order valence-corrected chi connectivity index (χ1v) is 3.46. The van der Waals surface area contributed by atoms with Crippen LogP contribution in [0.25, 0.3) is 0 Å². The summed E-state index contributed by atoms with van der Waals surface area (Å²) in [6.07, 6.45) is 0. The summed E-state index contributed by atoms with van der Waals surface area (Å²) in [5, 5.41) is 0. The lowest BCUT2D eigenvalue weighted by molar-refractivity contribution is 0.333. The van der Waals surface area contributed by atoms with E-state index in [4.69, 9.17) is 10.5 Å². The Labute approximate surface area is 63.8 Å². The van der Waals surface area contributed by atoms with Crippen molar-refractivity contribution in [2.24, 2.45) is 5.73 Å². The van der Waals surface area contributed by atoms with Crippen LogP contribution < -0.4 is 10.5 Å². The fraction of sp³-hybridized carbons (Fsp3) is 0.250. The molecule has 0 spiro atoms. The van der Waals surface area contributed by atoms with E-state index in [2.05, 4.69) is 0 Å². The molecule has 3 heteroatoms. The molecule has 0 saturated heterocycles.